The maximum Gasteiger partial charge on any atom is 0.0665 e. The molecule has 1 aromatic carbocycles. The van der Waals surface area contributed by atoms with Crippen molar-refractivity contribution in [1.29, 1.82) is 5.26 Å². The van der Waals surface area contributed by atoms with Crippen LogP contribution in [0.5, 0.6) is 0 Å². The van der Waals surface area contributed by atoms with Crippen molar-refractivity contribution in [2.75, 3.05) is 0 Å². The van der Waals surface area contributed by atoms with Gasteiger partial charge in [0.05, 0.1) is 12.0 Å². The molecule has 0 heterocycles. The molecular weight excluding hydrogens is 146 g/mol. The second kappa shape index (κ2) is 2.64. The third-order valence-corrected chi connectivity index (χ3v) is 2.75. The lowest BCUT2D eigenvalue weighted by molar-refractivity contribution is 0.604. The van der Waals surface area contributed by atoms with Crippen LogP contribution in [-0.2, 0) is 6.42 Å². The van der Waals surface area contributed by atoms with Crippen molar-refractivity contribution in [3.63, 3.8) is 0 Å². The minimum atomic E-state index is 0.197. The van der Waals surface area contributed by atoms with Crippen LogP contribution in [-0.4, -0.2) is 0 Å². The average molecular weight is 157 g/mol. The van der Waals surface area contributed by atoms with Gasteiger partial charge in [-0.05, 0) is 23.5 Å². The van der Waals surface area contributed by atoms with E-state index in [9.17, 15) is 0 Å². The molecule has 12 heavy (non-hydrogen) atoms. The highest BCUT2D eigenvalue weighted by Crippen LogP contribution is 2.36. The molecule has 0 aliphatic heterocycles. The molecule has 0 saturated heterocycles. The van der Waals surface area contributed by atoms with Crippen molar-refractivity contribution in [2.24, 2.45) is 5.92 Å². The molecule has 0 N–H and O–H groups in total. The van der Waals surface area contributed by atoms with E-state index in [1.54, 1.807) is 0 Å². The van der Waals surface area contributed by atoms with Crippen molar-refractivity contribution in [1.82, 2.24) is 0 Å². The highest BCUT2D eigenvalue weighted by molar-refractivity contribution is 5.37. The fourth-order valence-electron chi connectivity index (χ4n) is 1.95. The average Bonchev–Trinajstić information content (AvgIpc) is 2.44. The van der Waals surface area contributed by atoms with E-state index < -0.39 is 0 Å². The van der Waals surface area contributed by atoms with E-state index in [0.29, 0.717) is 5.92 Å². The highest BCUT2D eigenvalue weighted by atomic mass is 14.4. The Morgan fingerprint density at radius 2 is 2.17 bits per heavy atom. The normalized spacial score (nSPS) is 26.3. The van der Waals surface area contributed by atoms with Gasteiger partial charge in [-0.1, -0.05) is 31.2 Å². The molecule has 1 heteroatoms. The lowest BCUT2D eigenvalue weighted by Gasteiger charge is -2.05. The maximum atomic E-state index is 8.86. The summed E-state index contributed by atoms with van der Waals surface area (Å²) in [6.45, 7) is 2.14. The molecule has 2 rings (SSSR count). The van der Waals surface area contributed by atoms with Gasteiger partial charge < -0.3 is 0 Å². The quantitative estimate of drug-likeness (QED) is 0.567. The van der Waals surface area contributed by atoms with E-state index in [2.05, 4.69) is 31.2 Å². The van der Waals surface area contributed by atoms with Crippen LogP contribution in [0.3, 0.4) is 0 Å². The van der Waals surface area contributed by atoms with Crippen molar-refractivity contribution < 1.29 is 0 Å². The summed E-state index contributed by atoms with van der Waals surface area (Å²) >= 11 is 0. The summed E-state index contributed by atoms with van der Waals surface area (Å²) in [7, 11) is 0. The summed E-state index contributed by atoms with van der Waals surface area (Å²) in [6, 6.07) is 10.7. The molecule has 0 radical (unpaired) electrons. The Kier molecular flexibility index (Phi) is 1.62. The van der Waals surface area contributed by atoms with Crippen molar-refractivity contribution in [3.8, 4) is 6.07 Å². The third kappa shape index (κ3) is 0.921. The zero-order chi connectivity index (χ0) is 8.55. The third-order valence-electron chi connectivity index (χ3n) is 2.75. The Balaban J connectivity index is 2.44. The fraction of sp³-hybridized carbons (Fsp3) is 0.364. The van der Waals surface area contributed by atoms with Gasteiger partial charge in [-0.2, -0.15) is 5.26 Å². The van der Waals surface area contributed by atoms with Gasteiger partial charge in [0.25, 0.3) is 0 Å². The van der Waals surface area contributed by atoms with Gasteiger partial charge >= 0.3 is 0 Å². The van der Waals surface area contributed by atoms with Crippen LogP contribution in [0, 0.1) is 17.2 Å². The maximum absolute atomic E-state index is 8.86. The first kappa shape index (κ1) is 7.36. The van der Waals surface area contributed by atoms with Crippen LogP contribution in [0.25, 0.3) is 0 Å². The minimum absolute atomic E-state index is 0.197. The standard InChI is InChI=1S/C11H11N/c1-8-10(7-12)6-9-4-2-3-5-11(8)9/h2-5,8,10H,6H2,1H3/t8-,10+/m0/s1. The van der Waals surface area contributed by atoms with Gasteiger partial charge in [-0.3, -0.25) is 0 Å². The summed E-state index contributed by atoms with van der Waals surface area (Å²) < 4.78 is 0. The number of fused-ring (bicyclic) bond motifs is 1. The SMILES string of the molecule is C[C@@H]1c2ccccc2C[C@@H]1C#N. The Morgan fingerprint density at radius 3 is 2.83 bits per heavy atom. The van der Waals surface area contributed by atoms with Gasteiger partial charge in [-0.15, -0.1) is 0 Å². The summed E-state index contributed by atoms with van der Waals surface area (Å²) in [6.07, 6.45) is 0.938. The van der Waals surface area contributed by atoms with Gasteiger partial charge in [-0.25, -0.2) is 0 Å². The smallest absolute Gasteiger partial charge is 0.0665 e. The lowest BCUT2D eigenvalue weighted by atomic mass is 9.96. The molecular formula is C11H11N. The zero-order valence-electron chi connectivity index (χ0n) is 7.12. The van der Waals surface area contributed by atoms with Gasteiger partial charge in [0.1, 0.15) is 0 Å². The van der Waals surface area contributed by atoms with Crippen molar-refractivity contribution in [2.45, 2.75) is 19.3 Å². The predicted molar refractivity (Wildman–Crippen MR) is 47.7 cm³/mol. The minimum Gasteiger partial charge on any atom is -0.198 e. The summed E-state index contributed by atoms with van der Waals surface area (Å²) in [5.41, 5.74) is 2.72. The monoisotopic (exact) mass is 157 g/mol. The largest absolute Gasteiger partial charge is 0.198 e. The van der Waals surface area contributed by atoms with Gasteiger partial charge in [0, 0.05) is 0 Å². The zero-order valence-corrected chi connectivity index (χ0v) is 7.12. The lowest BCUT2D eigenvalue weighted by Crippen LogP contribution is -1.99. The highest BCUT2D eigenvalue weighted by Gasteiger charge is 2.27. The molecule has 0 spiro atoms. The summed E-state index contributed by atoms with van der Waals surface area (Å²) in [5.74, 6) is 0.619. The van der Waals surface area contributed by atoms with Crippen molar-refractivity contribution in [3.05, 3.63) is 35.4 Å². The molecule has 1 nitrogen and oxygen atoms in total. The second-order valence-corrected chi connectivity index (χ2v) is 3.43. The number of nitriles is 1. The fourth-order valence-corrected chi connectivity index (χ4v) is 1.95. The van der Waals surface area contributed by atoms with Crippen LogP contribution >= 0.6 is 0 Å². The number of nitrogens with zero attached hydrogens (tertiary/aromatic N) is 1. The number of benzene rings is 1. The van der Waals surface area contributed by atoms with E-state index in [-0.39, 0.29) is 5.92 Å². The molecule has 0 unspecified atom stereocenters. The Labute approximate surface area is 72.6 Å². The summed E-state index contributed by atoms with van der Waals surface area (Å²) in [4.78, 5) is 0. The van der Waals surface area contributed by atoms with E-state index in [1.807, 2.05) is 6.07 Å². The molecule has 0 saturated carbocycles. The predicted octanol–water partition coefficient (Wildman–Crippen LogP) is 2.49. The molecule has 60 valence electrons. The van der Waals surface area contributed by atoms with Crippen molar-refractivity contribution >= 4 is 0 Å². The number of hydrogen-bond donors (Lipinski definition) is 0. The van der Waals surface area contributed by atoms with Crippen LogP contribution in [0.15, 0.2) is 24.3 Å². The van der Waals surface area contributed by atoms with E-state index >= 15 is 0 Å². The molecule has 0 aromatic heterocycles. The first-order valence-corrected chi connectivity index (χ1v) is 4.30. The van der Waals surface area contributed by atoms with E-state index in [0.717, 1.165) is 6.42 Å². The first-order chi connectivity index (χ1) is 5.83. The number of rotatable bonds is 0. The van der Waals surface area contributed by atoms with E-state index in [1.165, 1.54) is 11.1 Å². The molecule has 1 aromatic rings. The molecule has 0 amide bonds. The van der Waals surface area contributed by atoms with Crippen LogP contribution in [0.2, 0.25) is 0 Å². The first-order valence-electron chi connectivity index (χ1n) is 4.30. The Morgan fingerprint density at radius 1 is 1.42 bits per heavy atom. The molecule has 1 aliphatic rings. The molecule has 0 bridgehead atoms. The second-order valence-electron chi connectivity index (χ2n) is 3.43. The van der Waals surface area contributed by atoms with Gasteiger partial charge in [0.15, 0.2) is 0 Å². The summed E-state index contributed by atoms with van der Waals surface area (Å²) in [5, 5.41) is 8.86. The van der Waals surface area contributed by atoms with Crippen LogP contribution in [0.4, 0.5) is 0 Å². The van der Waals surface area contributed by atoms with Crippen LogP contribution < -0.4 is 0 Å². The van der Waals surface area contributed by atoms with Crippen LogP contribution in [0.1, 0.15) is 24.0 Å². The number of hydrogen-bond acceptors (Lipinski definition) is 1. The Bertz CT molecular complexity index is 335. The van der Waals surface area contributed by atoms with Gasteiger partial charge in [0.2, 0.25) is 0 Å². The van der Waals surface area contributed by atoms with E-state index in [4.69, 9.17) is 5.26 Å². The topological polar surface area (TPSA) is 23.8 Å². The molecule has 1 aliphatic carbocycles. The molecule has 0 fully saturated rings. The Hall–Kier alpha value is -1.29. The molecule has 2 atom stereocenters.